The third-order valence-electron chi connectivity index (χ3n) is 5.95. The summed E-state index contributed by atoms with van der Waals surface area (Å²) < 4.78 is 5.09. The van der Waals surface area contributed by atoms with Crippen LogP contribution < -0.4 is 0 Å². The number of aliphatic hydroxyl groups is 1. The number of ether oxygens (including phenoxy) is 1. The summed E-state index contributed by atoms with van der Waals surface area (Å²) in [4.78, 5) is 12.5. The first-order chi connectivity index (χ1) is 11.8. The van der Waals surface area contributed by atoms with E-state index in [0.29, 0.717) is 6.42 Å². The average Bonchev–Trinajstić information content (AvgIpc) is 2.57. The van der Waals surface area contributed by atoms with Crippen LogP contribution in [0.15, 0.2) is 23.3 Å². The van der Waals surface area contributed by atoms with Gasteiger partial charge < -0.3 is 9.84 Å². The normalized spacial score (nSPS) is 34.5. The molecule has 0 aromatic heterocycles. The lowest BCUT2D eigenvalue weighted by atomic mass is 9.55. The Morgan fingerprint density at radius 3 is 2.80 bits per heavy atom. The van der Waals surface area contributed by atoms with E-state index in [1.54, 1.807) is 0 Å². The molecule has 1 N–H and O–H groups in total. The standard InChI is InChI=1S/C21H30O3Si/c1-24-20(22)17-14-16-15(11-13-25(2,3)4)8-7-10-18(16)21(23)12-6-5-9-19(17)21/h7,10,17-19,23H,5-6,8-9,12,14H2,1-4H3/t17-,18-,19+,21+/m0/s1. The van der Waals surface area contributed by atoms with Crippen LogP contribution in [0.4, 0.5) is 0 Å². The fourth-order valence-corrected chi connectivity index (χ4v) is 5.32. The Bertz CT molecular complexity index is 673. The predicted octanol–water partition coefficient (Wildman–Crippen LogP) is 3.85. The van der Waals surface area contributed by atoms with E-state index in [9.17, 15) is 9.90 Å². The van der Waals surface area contributed by atoms with Crippen LogP contribution in [0.3, 0.4) is 0 Å². The van der Waals surface area contributed by atoms with Gasteiger partial charge in [-0.25, -0.2) is 0 Å². The second-order valence-electron chi connectivity index (χ2n) is 8.79. The molecule has 25 heavy (non-hydrogen) atoms. The van der Waals surface area contributed by atoms with Crippen LogP contribution in [-0.4, -0.2) is 31.9 Å². The highest BCUT2D eigenvalue weighted by atomic mass is 28.3. The predicted molar refractivity (Wildman–Crippen MR) is 102 cm³/mol. The van der Waals surface area contributed by atoms with Crippen LogP contribution in [0.25, 0.3) is 0 Å². The van der Waals surface area contributed by atoms with Gasteiger partial charge in [-0.1, -0.05) is 50.6 Å². The topological polar surface area (TPSA) is 46.5 Å². The SMILES string of the molecule is COC(=O)[C@H]1CC2=C(C#C[Si](C)(C)C)CC=C[C@@H]2[C@]2(O)CCCC[C@H]12. The molecular weight excluding hydrogens is 328 g/mol. The van der Waals surface area contributed by atoms with Crippen molar-refractivity contribution in [2.24, 2.45) is 17.8 Å². The minimum atomic E-state index is -1.47. The van der Waals surface area contributed by atoms with E-state index in [0.717, 1.165) is 37.7 Å². The van der Waals surface area contributed by atoms with Gasteiger partial charge in [0, 0.05) is 17.4 Å². The van der Waals surface area contributed by atoms with E-state index in [1.807, 2.05) is 0 Å². The van der Waals surface area contributed by atoms with Crippen molar-refractivity contribution < 1.29 is 14.6 Å². The number of hydrogen-bond donors (Lipinski definition) is 1. The van der Waals surface area contributed by atoms with E-state index in [2.05, 4.69) is 43.3 Å². The van der Waals surface area contributed by atoms with Crippen LogP contribution in [0.2, 0.25) is 19.6 Å². The molecule has 0 saturated heterocycles. The lowest BCUT2D eigenvalue weighted by Gasteiger charge is -2.52. The highest BCUT2D eigenvalue weighted by molar-refractivity contribution is 6.83. The van der Waals surface area contributed by atoms with E-state index in [-0.39, 0.29) is 23.7 Å². The van der Waals surface area contributed by atoms with Gasteiger partial charge in [-0.05, 0) is 31.3 Å². The Labute approximate surface area is 152 Å². The summed E-state index contributed by atoms with van der Waals surface area (Å²) in [6.07, 6.45) is 9.60. The van der Waals surface area contributed by atoms with Gasteiger partial charge in [0.1, 0.15) is 8.07 Å². The minimum absolute atomic E-state index is 0.00333. The van der Waals surface area contributed by atoms with E-state index >= 15 is 0 Å². The molecule has 0 heterocycles. The van der Waals surface area contributed by atoms with Crippen molar-refractivity contribution in [1.82, 2.24) is 0 Å². The zero-order valence-electron chi connectivity index (χ0n) is 15.9. The summed E-state index contributed by atoms with van der Waals surface area (Å²) in [6.45, 7) is 6.72. The third-order valence-corrected chi connectivity index (χ3v) is 6.83. The Morgan fingerprint density at radius 2 is 2.12 bits per heavy atom. The van der Waals surface area contributed by atoms with Crippen LogP contribution in [0, 0.1) is 29.2 Å². The minimum Gasteiger partial charge on any atom is -0.469 e. The first kappa shape index (κ1) is 18.5. The molecule has 3 rings (SSSR count). The largest absolute Gasteiger partial charge is 0.469 e. The molecule has 2 fully saturated rings. The average molecular weight is 359 g/mol. The highest BCUT2D eigenvalue weighted by Gasteiger charge is 2.55. The lowest BCUT2D eigenvalue weighted by Crippen LogP contribution is -2.55. The molecule has 0 bridgehead atoms. The van der Waals surface area contributed by atoms with Crippen LogP contribution in [0.1, 0.15) is 38.5 Å². The van der Waals surface area contributed by atoms with Crippen molar-refractivity contribution in [3.05, 3.63) is 23.3 Å². The van der Waals surface area contributed by atoms with Crippen molar-refractivity contribution in [2.75, 3.05) is 7.11 Å². The molecule has 3 aliphatic carbocycles. The zero-order chi connectivity index (χ0) is 18.2. The van der Waals surface area contributed by atoms with Crippen molar-refractivity contribution in [3.8, 4) is 11.5 Å². The molecule has 3 nitrogen and oxygen atoms in total. The molecule has 4 atom stereocenters. The Morgan fingerprint density at radius 1 is 1.36 bits per heavy atom. The number of carbonyl (C=O) groups excluding carboxylic acids is 1. The molecule has 2 saturated carbocycles. The fourth-order valence-electron chi connectivity index (χ4n) is 4.79. The zero-order valence-corrected chi connectivity index (χ0v) is 16.9. The first-order valence-electron chi connectivity index (χ1n) is 9.48. The van der Waals surface area contributed by atoms with Crippen molar-refractivity contribution >= 4 is 14.0 Å². The number of rotatable bonds is 1. The molecule has 0 aliphatic heterocycles. The molecule has 0 unspecified atom stereocenters. The monoisotopic (exact) mass is 358 g/mol. The molecular formula is C21H30O3Si. The van der Waals surface area contributed by atoms with Gasteiger partial charge in [-0.2, -0.15) is 0 Å². The number of esters is 1. The highest BCUT2D eigenvalue weighted by Crippen LogP contribution is 2.54. The van der Waals surface area contributed by atoms with Gasteiger partial charge in [-0.15, -0.1) is 5.54 Å². The summed E-state index contributed by atoms with van der Waals surface area (Å²) >= 11 is 0. The van der Waals surface area contributed by atoms with Gasteiger partial charge in [0.25, 0.3) is 0 Å². The van der Waals surface area contributed by atoms with Gasteiger partial charge in [0.05, 0.1) is 18.6 Å². The summed E-state index contributed by atoms with van der Waals surface area (Å²) in [5.41, 5.74) is 4.95. The molecule has 3 aliphatic rings. The fraction of sp³-hybridized carbons (Fsp3) is 0.667. The van der Waals surface area contributed by atoms with Crippen molar-refractivity contribution in [2.45, 2.75) is 63.8 Å². The first-order valence-corrected chi connectivity index (χ1v) is 13.0. The van der Waals surface area contributed by atoms with Gasteiger partial charge >= 0.3 is 5.97 Å². The quantitative estimate of drug-likeness (QED) is 0.335. The summed E-state index contributed by atoms with van der Waals surface area (Å²) in [6, 6.07) is 0. The molecule has 0 aromatic carbocycles. The smallest absolute Gasteiger partial charge is 0.309 e. The molecule has 0 spiro atoms. The molecule has 0 amide bonds. The third kappa shape index (κ3) is 3.50. The number of carbonyl (C=O) groups is 1. The van der Waals surface area contributed by atoms with Gasteiger partial charge in [-0.3, -0.25) is 4.79 Å². The second-order valence-corrected chi connectivity index (χ2v) is 13.5. The Hall–Kier alpha value is -1.31. The van der Waals surface area contributed by atoms with Crippen molar-refractivity contribution in [3.63, 3.8) is 0 Å². The lowest BCUT2D eigenvalue weighted by molar-refractivity contribution is -0.162. The maximum atomic E-state index is 12.5. The summed E-state index contributed by atoms with van der Waals surface area (Å²) in [7, 11) is -0.0144. The Balaban J connectivity index is 2.06. The van der Waals surface area contributed by atoms with Crippen LogP contribution in [0.5, 0.6) is 0 Å². The molecule has 136 valence electrons. The summed E-state index contributed by atoms with van der Waals surface area (Å²) in [5.74, 6) is 3.02. The molecule has 4 heteroatoms. The van der Waals surface area contributed by atoms with E-state index in [4.69, 9.17) is 4.74 Å². The maximum Gasteiger partial charge on any atom is 0.309 e. The number of allylic oxidation sites excluding steroid dienone is 2. The number of methoxy groups -OCH3 is 1. The molecule has 0 radical (unpaired) electrons. The van der Waals surface area contributed by atoms with Gasteiger partial charge in [0.15, 0.2) is 0 Å². The van der Waals surface area contributed by atoms with E-state index in [1.165, 1.54) is 12.7 Å². The molecule has 0 aromatic rings. The Kier molecular flexibility index (Phi) is 5.01. The summed E-state index contributed by atoms with van der Waals surface area (Å²) in [5, 5.41) is 11.6. The van der Waals surface area contributed by atoms with Crippen molar-refractivity contribution in [1.29, 1.82) is 0 Å². The van der Waals surface area contributed by atoms with Crippen LogP contribution in [-0.2, 0) is 9.53 Å². The van der Waals surface area contributed by atoms with Crippen LogP contribution >= 0.6 is 0 Å². The van der Waals surface area contributed by atoms with Gasteiger partial charge in [0.2, 0.25) is 0 Å². The number of fused-ring (bicyclic) bond motifs is 3. The number of hydrogen-bond acceptors (Lipinski definition) is 3. The second kappa shape index (κ2) is 6.77. The van der Waals surface area contributed by atoms with E-state index < -0.39 is 13.7 Å². The maximum absolute atomic E-state index is 12.5.